The highest BCUT2D eigenvalue weighted by Crippen LogP contribution is 2.13. The molecule has 0 unspecified atom stereocenters. The van der Waals surface area contributed by atoms with E-state index in [0.29, 0.717) is 5.82 Å². The number of aromatic nitrogens is 2. The molecule has 0 bridgehead atoms. The second kappa shape index (κ2) is 4.16. The summed E-state index contributed by atoms with van der Waals surface area (Å²) >= 11 is 0. The van der Waals surface area contributed by atoms with Gasteiger partial charge in [-0.05, 0) is 4.92 Å². The molecule has 0 aliphatic heterocycles. The van der Waals surface area contributed by atoms with Crippen molar-refractivity contribution in [3.63, 3.8) is 0 Å². The molecule has 7 heteroatoms. The highest BCUT2D eigenvalue weighted by atomic mass is 16.6. The van der Waals surface area contributed by atoms with Crippen LogP contribution in [0.1, 0.15) is 5.82 Å². The number of hydrogen-bond donors (Lipinski definition) is 2. The molecule has 1 heterocycles. The fourth-order valence-electron chi connectivity index (χ4n) is 1.10. The molecule has 2 N–H and O–H groups in total. The van der Waals surface area contributed by atoms with E-state index in [-0.39, 0.29) is 12.4 Å². The quantitative estimate of drug-likeness (QED) is 0.502. The van der Waals surface area contributed by atoms with Crippen LogP contribution in [0.5, 0.6) is 0 Å². The Balaban J connectivity index is 2.93. The van der Waals surface area contributed by atoms with Gasteiger partial charge in [-0.3, -0.25) is 0 Å². The molecule has 0 saturated carbocycles. The summed E-state index contributed by atoms with van der Waals surface area (Å²) in [5.41, 5.74) is 0. The van der Waals surface area contributed by atoms with E-state index in [0.717, 1.165) is 6.20 Å². The van der Waals surface area contributed by atoms with Crippen molar-refractivity contribution in [2.45, 2.75) is 19.6 Å². The first-order chi connectivity index (χ1) is 6.56. The standard InChI is InChI=1S/C7H11N3O4/c1-5-8-2-7(10(13)14)9(5)3-6(12)4-11/h2,6,11-12H,3-4H2,1H3/t6-/m1/s1. The van der Waals surface area contributed by atoms with E-state index in [1.807, 2.05) is 0 Å². The molecule has 0 radical (unpaired) electrons. The summed E-state index contributed by atoms with van der Waals surface area (Å²) in [6.45, 7) is 1.13. The molecule has 14 heavy (non-hydrogen) atoms. The number of aryl methyl sites for hydroxylation is 1. The van der Waals surface area contributed by atoms with Crippen molar-refractivity contribution < 1.29 is 15.1 Å². The Morgan fingerprint density at radius 2 is 2.43 bits per heavy atom. The van der Waals surface area contributed by atoms with Crippen LogP contribution in [-0.4, -0.2) is 37.4 Å². The van der Waals surface area contributed by atoms with Gasteiger partial charge in [0.05, 0.1) is 6.61 Å². The molecule has 0 aliphatic carbocycles. The van der Waals surface area contributed by atoms with E-state index in [1.54, 1.807) is 6.92 Å². The van der Waals surface area contributed by atoms with Crippen LogP contribution in [0.25, 0.3) is 0 Å². The summed E-state index contributed by atoms with van der Waals surface area (Å²) in [5, 5.41) is 28.2. The maximum Gasteiger partial charge on any atom is 0.342 e. The first-order valence-electron chi connectivity index (χ1n) is 4.01. The lowest BCUT2D eigenvalue weighted by Gasteiger charge is -2.06. The second-order valence-electron chi connectivity index (χ2n) is 2.87. The fourth-order valence-corrected chi connectivity index (χ4v) is 1.10. The third-order valence-corrected chi connectivity index (χ3v) is 1.83. The summed E-state index contributed by atoms with van der Waals surface area (Å²) < 4.78 is 1.25. The SMILES string of the molecule is Cc1ncc([N+](=O)[O-])n1C[C@@H](O)CO. The Bertz CT molecular complexity index is 336. The number of aliphatic hydroxyl groups excluding tert-OH is 2. The third-order valence-electron chi connectivity index (χ3n) is 1.83. The largest absolute Gasteiger partial charge is 0.394 e. The molecular formula is C7H11N3O4. The minimum Gasteiger partial charge on any atom is -0.394 e. The molecule has 1 aromatic heterocycles. The van der Waals surface area contributed by atoms with Gasteiger partial charge in [-0.15, -0.1) is 0 Å². The zero-order valence-electron chi connectivity index (χ0n) is 7.62. The highest BCUT2D eigenvalue weighted by molar-refractivity contribution is 5.18. The molecule has 0 saturated heterocycles. The van der Waals surface area contributed by atoms with Gasteiger partial charge in [0.2, 0.25) is 0 Å². The molecule has 0 fully saturated rings. The maximum atomic E-state index is 10.5. The molecule has 1 aromatic rings. The van der Waals surface area contributed by atoms with E-state index in [2.05, 4.69) is 4.98 Å². The molecule has 0 spiro atoms. The molecule has 1 rings (SSSR count). The van der Waals surface area contributed by atoms with Gasteiger partial charge in [0.15, 0.2) is 5.82 Å². The van der Waals surface area contributed by atoms with Gasteiger partial charge in [-0.2, -0.15) is 0 Å². The average molecular weight is 201 g/mol. The van der Waals surface area contributed by atoms with Crippen LogP contribution in [0, 0.1) is 17.0 Å². The van der Waals surface area contributed by atoms with Crippen LogP contribution in [0.3, 0.4) is 0 Å². The molecule has 78 valence electrons. The Morgan fingerprint density at radius 1 is 1.79 bits per heavy atom. The normalized spacial score (nSPS) is 12.8. The van der Waals surface area contributed by atoms with E-state index >= 15 is 0 Å². The lowest BCUT2D eigenvalue weighted by molar-refractivity contribution is -0.392. The van der Waals surface area contributed by atoms with E-state index in [1.165, 1.54) is 4.57 Å². The summed E-state index contributed by atoms with van der Waals surface area (Å²) in [5.74, 6) is 0.249. The van der Waals surface area contributed by atoms with E-state index in [4.69, 9.17) is 10.2 Å². The lowest BCUT2D eigenvalue weighted by atomic mass is 10.3. The molecular weight excluding hydrogens is 190 g/mol. The highest BCUT2D eigenvalue weighted by Gasteiger charge is 2.19. The van der Waals surface area contributed by atoms with Gasteiger partial charge in [0.25, 0.3) is 0 Å². The van der Waals surface area contributed by atoms with Crippen molar-refractivity contribution in [2.24, 2.45) is 0 Å². The van der Waals surface area contributed by atoms with Gasteiger partial charge in [-0.25, -0.2) is 9.55 Å². The third kappa shape index (κ3) is 2.06. The topological polar surface area (TPSA) is 101 Å². The molecule has 0 aliphatic rings. The summed E-state index contributed by atoms with van der Waals surface area (Å²) in [6, 6.07) is 0. The van der Waals surface area contributed by atoms with Crippen molar-refractivity contribution in [3.8, 4) is 0 Å². The zero-order valence-corrected chi connectivity index (χ0v) is 7.62. The van der Waals surface area contributed by atoms with Crippen molar-refractivity contribution in [1.82, 2.24) is 9.55 Å². The first-order valence-corrected chi connectivity index (χ1v) is 4.01. The van der Waals surface area contributed by atoms with Crippen LogP contribution in [0.4, 0.5) is 5.82 Å². The Hall–Kier alpha value is -1.47. The molecule has 0 aromatic carbocycles. The van der Waals surface area contributed by atoms with E-state index in [9.17, 15) is 10.1 Å². The predicted molar refractivity (Wildman–Crippen MR) is 46.7 cm³/mol. The van der Waals surface area contributed by atoms with Gasteiger partial charge >= 0.3 is 5.82 Å². The van der Waals surface area contributed by atoms with Gasteiger partial charge in [0, 0.05) is 6.92 Å². The number of nitrogens with zero attached hydrogens (tertiary/aromatic N) is 3. The minimum atomic E-state index is -1.01. The Morgan fingerprint density at radius 3 is 2.93 bits per heavy atom. The summed E-state index contributed by atoms with van der Waals surface area (Å²) in [4.78, 5) is 13.7. The van der Waals surface area contributed by atoms with Crippen LogP contribution in [-0.2, 0) is 6.54 Å². The number of hydrogen-bond acceptors (Lipinski definition) is 5. The number of imidazole rings is 1. The minimum absolute atomic E-state index is 0.0291. The summed E-state index contributed by atoms with van der Waals surface area (Å²) in [7, 11) is 0. The van der Waals surface area contributed by atoms with Crippen LogP contribution in [0.2, 0.25) is 0 Å². The Kier molecular flexibility index (Phi) is 3.15. The number of nitro groups is 1. The van der Waals surface area contributed by atoms with Crippen molar-refractivity contribution in [1.29, 1.82) is 0 Å². The number of rotatable bonds is 4. The number of aliphatic hydroxyl groups is 2. The smallest absolute Gasteiger partial charge is 0.342 e. The zero-order chi connectivity index (χ0) is 10.7. The monoisotopic (exact) mass is 201 g/mol. The first kappa shape index (κ1) is 10.6. The molecule has 7 nitrogen and oxygen atoms in total. The second-order valence-corrected chi connectivity index (χ2v) is 2.87. The van der Waals surface area contributed by atoms with Gasteiger partial charge in [-0.1, -0.05) is 0 Å². The lowest BCUT2D eigenvalue weighted by Crippen LogP contribution is -2.21. The van der Waals surface area contributed by atoms with Gasteiger partial charge < -0.3 is 20.3 Å². The molecule has 0 amide bonds. The van der Waals surface area contributed by atoms with Gasteiger partial charge in [0.1, 0.15) is 18.8 Å². The fraction of sp³-hybridized carbons (Fsp3) is 0.571. The predicted octanol–water partition coefficient (Wildman–Crippen LogP) is -0.547. The van der Waals surface area contributed by atoms with Crippen LogP contribution in [0.15, 0.2) is 6.20 Å². The van der Waals surface area contributed by atoms with E-state index < -0.39 is 17.6 Å². The average Bonchev–Trinajstić information content (AvgIpc) is 2.48. The summed E-state index contributed by atoms with van der Waals surface area (Å²) in [6.07, 6.45) is 0.112. The Labute approximate surface area is 79.8 Å². The maximum absolute atomic E-state index is 10.5. The molecule has 1 atom stereocenters. The van der Waals surface area contributed by atoms with Crippen molar-refractivity contribution >= 4 is 5.82 Å². The van der Waals surface area contributed by atoms with Crippen LogP contribution < -0.4 is 0 Å². The van der Waals surface area contributed by atoms with Crippen LogP contribution >= 0.6 is 0 Å². The van der Waals surface area contributed by atoms with Crippen molar-refractivity contribution in [2.75, 3.05) is 6.61 Å². The van der Waals surface area contributed by atoms with Crippen molar-refractivity contribution in [3.05, 3.63) is 22.1 Å².